The number of non-ortho nitro benzene ring substituents is 1. The quantitative estimate of drug-likeness (QED) is 0.613. The van der Waals surface area contributed by atoms with Crippen LogP contribution < -0.4 is 10.5 Å². The van der Waals surface area contributed by atoms with E-state index >= 15 is 0 Å². The van der Waals surface area contributed by atoms with E-state index in [4.69, 9.17) is 10.5 Å². The van der Waals surface area contributed by atoms with Crippen molar-refractivity contribution in [1.29, 1.82) is 0 Å². The molecule has 86 valence electrons. The van der Waals surface area contributed by atoms with Crippen molar-refractivity contribution in [3.8, 4) is 5.75 Å². The Balaban J connectivity index is 2.98. The highest BCUT2D eigenvalue weighted by molar-refractivity contribution is 5.78. The summed E-state index contributed by atoms with van der Waals surface area (Å²) in [5, 5.41) is 10.5. The number of hydrogen-bond acceptors (Lipinski definition) is 4. The molecule has 0 fully saturated rings. The normalized spacial score (nSPS) is 11.9. The highest BCUT2D eigenvalue weighted by Gasteiger charge is 2.14. The van der Waals surface area contributed by atoms with E-state index in [0.29, 0.717) is 11.3 Å². The second-order valence-electron chi connectivity index (χ2n) is 3.37. The molecule has 0 aromatic heterocycles. The molecule has 0 aliphatic carbocycles. The Bertz CT molecular complexity index is 431. The molecule has 1 rings (SSSR count). The summed E-state index contributed by atoms with van der Waals surface area (Å²) < 4.78 is 5.22. The number of nitro benzene ring substituents is 1. The Hall–Kier alpha value is -2.11. The number of rotatable bonds is 4. The number of carbonyl (C=O) groups excluding carboxylic acids is 1. The average molecular weight is 224 g/mol. The van der Waals surface area contributed by atoms with E-state index in [2.05, 4.69) is 0 Å². The van der Waals surface area contributed by atoms with Crippen molar-refractivity contribution in [2.24, 2.45) is 5.73 Å². The summed E-state index contributed by atoms with van der Waals surface area (Å²) >= 11 is 0. The number of benzene rings is 1. The molecule has 0 saturated carbocycles. The van der Waals surface area contributed by atoms with Gasteiger partial charge in [0.15, 0.2) is 6.10 Å². The van der Waals surface area contributed by atoms with Crippen molar-refractivity contribution in [3.63, 3.8) is 0 Å². The zero-order chi connectivity index (χ0) is 12.3. The van der Waals surface area contributed by atoms with Gasteiger partial charge in [-0.2, -0.15) is 0 Å². The molecule has 0 heterocycles. The second kappa shape index (κ2) is 4.61. The van der Waals surface area contributed by atoms with Gasteiger partial charge in [-0.3, -0.25) is 14.9 Å². The molecule has 16 heavy (non-hydrogen) atoms. The van der Waals surface area contributed by atoms with Crippen LogP contribution in [0, 0.1) is 17.0 Å². The molecule has 6 nitrogen and oxygen atoms in total. The van der Waals surface area contributed by atoms with Crippen LogP contribution in [0.2, 0.25) is 0 Å². The third-order valence-corrected chi connectivity index (χ3v) is 2.09. The molecule has 0 bridgehead atoms. The molecular formula is C10H12N2O4. The van der Waals surface area contributed by atoms with Crippen molar-refractivity contribution in [1.82, 2.24) is 0 Å². The second-order valence-corrected chi connectivity index (χ2v) is 3.37. The lowest BCUT2D eigenvalue weighted by atomic mass is 10.2. The van der Waals surface area contributed by atoms with Crippen molar-refractivity contribution in [2.45, 2.75) is 20.0 Å². The molecule has 1 unspecified atom stereocenters. The first-order valence-corrected chi connectivity index (χ1v) is 4.63. The van der Waals surface area contributed by atoms with Gasteiger partial charge < -0.3 is 10.5 Å². The minimum atomic E-state index is -0.819. The first-order chi connectivity index (χ1) is 7.41. The van der Waals surface area contributed by atoms with Crippen LogP contribution in [-0.2, 0) is 4.79 Å². The molecule has 1 amide bonds. The number of nitrogens with zero attached hydrogens (tertiary/aromatic N) is 1. The Morgan fingerprint density at radius 1 is 1.56 bits per heavy atom. The molecule has 0 saturated heterocycles. The summed E-state index contributed by atoms with van der Waals surface area (Å²) in [6.07, 6.45) is -0.819. The van der Waals surface area contributed by atoms with E-state index in [0.717, 1.165) is 0 Å². The SMILES string of the molecule is Cc1ccc([N+](=O)[O-])cc1OC(C)C(N)=O. The van der Waals surface area contributed by atoms with Gasteiger partial charge in [-0.05, 0) is 25.5 Å². The summed E-state index contributed by atoms with van der Waals surface area (Å²) in [4.78, 5) is 20.8. The summed E-state index contributed by atoms with van der Waals surface area (Å²) in [6.45, 7) is 3.22. The van der Waals surface area contributed by atoms with Gasteiger partial charge in [-0.25, -0.2) is 0 Å². The van der Waals surface area contributed by atoms with Gasteiger partial charge in [0.2, 0.25) is 0 Å². The molecule has 0 radical (unpaired) electrons. The van der Waals surface area contributed by atoms with Gasteiger partial charge >= 0.3 is 0 Å². The zero-order valence-corrected chi connectivity index (χ0v) is 8.97. The van der Waals surface area contributed by atoms with Gasteiger partial charge in [0.25, 0.3) is 11.6 Å². The first-order valence-electron chi connectivity index (χ1n) is 4.63. The van der Waals surface area contributed by atoms with Crippen LogP contribution in [0.4, 0.5) is 5.69 Å². The highest BCUT2D eigenvalue weighted by atomic mass is 16.6. The molecule has 1 aromatic carbocycles. The standard InChI is InChI=1S/C10H12N2O4/c1-6-3-4-8(12(14)15)5-9(6)16-7(2)10(11)13/h3-5,7H,1-2H3,(H2,11,13). The van der Waals surface area contributed by atoms with Gasteiger partial charge in [0.05, 0.1) is 11.0 Å². The summed E-state index contributed by atoms with van der Waals surface area (Å²) in [5.74, 6) is -0.327. The van der Waals surface area contributed by atoms with E-state index in [1.165, 1.54) is 19.1 Å². The fourth-order valence-electron chi connectivity index (χ4n) is 1.08. The average Bonchev–Trinajstić information content (AvgIpc) is 2.20. The fraction of sp³-hybridized carbons (Fsp3) is 0.300. The topological polar surface area (TPSA) is 95.5 Å². The lowest BCUT2D eigenvalue weighted by Crippen LogP contribution is -2.30. The van der Waals surface area contributed by atoms with Crippen LogP contribution in [0.15, 0.2) is 18.2 Å². The number of aryl methyl sites for hydroxylation is 1. The maximum atomic E-state index is 10.8. The minimum Gasteiger partial charge on any atom is -0.480 e. The number of nitrogens with two attached hydrogens (primary N) is 1. The van der Waals surface area contributed by atoms with Crippen LogP contribution >= 0.6 is 0 Å². The monoisotopic (exact) mass is 224 g/mol. The summed E-state index contributed by atoms with van der Waals surface area (Å²) in [6, 6.07) is 4.20. The molecule has 2 N–H and O–H groups in total. The van der Waals surface area contributed by atoms with Gasteiger partial charge in [0.1, 0.15) is 5.75 Å². The van der Waals surface area contributed by atoms with E-state index in [-0.39, 0.29) is 5.69 Å². The zero-order valence-electron chi connectivity index (χ0n) is 8.97. The van der Waals surface area contributed by atoms with Crippen molar-refractivity contribution in [2.75, 3.05) is 0 Å². The predicted molar refractivity (Wildman–Crippen MR) is 57.1 cm³/mol. The minimum absolute atomic E-state index is 0.0859. The largest absolute Gasteiger partial charge is 0.480 e. The number of hydrogen-bond donors (Lipinski definition) is 1. The molecule has 0 spiro atoms. The van der Waals surface area contributed by atoms with Crippen molar-refractivity contribution in [3.05, 3.63) is 33.9 Å². The van der Waals surface area contributed by atoms with Crippen LogP contribution in [0.25, 0.3) is 0 Å². The molecule has 0 aliphatic rings. The number of nitro groups is 1. The maximum absolute atomic E-state index is 10.8. The number of primary amides is 1. The number of ether oxygens (including phenoxy) is 1. The Kier molecular flexibility index (Phi) is 3.44. The van der Waals surface area contributed by atoms with Crippen molar-refractivity contribution < 1.29 is 14.5 Å². The predicted octanol–water partition coefficient (Wildman–Crippen LogP) is 1.16. The van der Waals surface area contributed by atoms with Crippen LogP contribution in [0.1, 0.15) is 12.5 Å². The van der Waals surface area contributed by atoms with Crippen LogP contribution in [0.3, 0.4) is 0 Å². The molecule has 6 heteroatoms. The highest BCUT2D eigenvalue weighted by Crippen LogP contribution is 2.24. The first kappa shape index (κ1) is 12.0. The van der Waals surface area contributed by atoms with Gasteiger partial charge in [-0.1, -0.05) is 0 Å². The summed E-state index contributed by atoms with van der Waals surface area (Å²) in [5.41, 5.74) is 5.66. The van der Waals surface area contributed by atoms with Crippen LogP contribution in [0.5, 0.6) is 5.75 Å². The van der Waals surface area contributed by atoms with Gasteiger partial charge in [0, 0.05) is 6.07 Å². The number of amides is 1. The molecular weight excluding hydrogens is 212 g/mol. The maximum Gasteiger partial charge on any atom is 0.273 e. The third-order valence-electron chi connectivity index (χ3n) is 2.09. The van der Waals surface area contributed by atoms with Crippen LogP contribution in [-0.4, -0.2) is 16.9 Å². The Morgan fingerprint density at radius 3 is 2.69 bits per heavy atom. The lowest BCUT2D eigenvalue weighted by molar-refractivity contribution is -0.385. The molecule has 1 aromatic rings. The van der Waals surface area contributed by atoms with E-state index in [1.54, 1.807) is 13.0 Å². The fourth-order valence-corrected chi connectivity index (χ4v) is 1.08. The number of carbonyl (C=O) groups is 1. The third kappa shape index (κ3) is 2.69. The van der Waals surface area contributed by atoms with Crippen molar-refractivity contribution >= 4 is 11.6 Å². The summed E-state index contributed by atoms with van der Waals surface area (Å²) in [7, 11) is 0. The van der Waals surface area contributed by atoms with E-state index in [1.807, 2.05) is 0 Å². The Morgan fingerprint density at radius 2 is 2.19 bits per heavy atom. The molecule has 1 atom stereocenters. The smallest absolute Gasteiger partial charge is 0.273 e. The van der Waals surface area contributed by atoms with E-state index in [9.17, 15) is 14.9 Å². The van der Waals surface area contributed by atoms with E-state index < -0.39 is 16.9 Å². The Labute approximate surface area is 92.2 Å². The molecule has 0 aliphatic heterocycles. The van der Waals surface area contributed by atoms with Gasteiger partial charge in [-0.15, -0.1) is 0 Å². The lowest BCUT2D eigenvalue weighted by Gasteiger charge is -2.12.